The Bertz CT molecular complexity index is 1300. The SMILES string of the molecule is CCN1CCCC1CNCc1cc2c(-c3ccc(F)cc3)nn(-c3ccccc3)c2[nH]c1=O. The second kappa shape index (κ2) is 9.29. The number of likely N-dealkylation sites (tertiary alicyclic amines) is 1. The van der Waals surface area contributed by atoms with Gasteiger partial charge in [-0.1, -0.05) is 25.1 Å². The summed E-state index contributed by atoms with van der Waals surface area (Å²) in [5, 5.41) is 9.11. The number of para-hydroxylation sites is 1. The molecular formula is C26H28FN5O. The Kier molecular flexibility index (Phi) is 6.07. The molecule has 4 aromatic rings. The summed E-state index contributed by atoms with van der Waals surface area (Å²) in [4.78, 5) is 18.5. The van der Waals surface area contributed by atoms with Gasteiger partial charge >= 0.3 is 0 Å². The van der Waals surface area contributed by atoms with E-state index in [0.717, 1.165) is 36.3 Å². The lowest BCUT2D eigenvalue weighted by Gasteiger charge is -2.22. The standard InChI is InChI=1S/C26H28FN5O/c1-2-31-14-6-9-22(31)17-28-16-19-15-23-24(18-10-12-20(27)13-11-18)30-32(25(23)29-26(19)33)21-7-4-3-5-8-21/h3-5,7-8,10-13,15,22,28H,2,6,9,14,16-17H2,1H3,(H,29,33). The summed E-state index contributed by atoms with van der Waals surface area (Å²) in [6.07, 6.45) is 2.42. The minimum atomic E-state index is -0.295. The van der Waals surface area contributed by atoms with Crippen LogP contribution >= 0.6 is 0 Å². The molecule has 2 N–H and O–H groups in total. The molecule has 1 fully saturated rings. The first kappa shape index (κ1) is 21.6. The first-order valence-electron chi connectivity index (χ1n) is 11.5. The quantitative estimate of drug-likeness (QED) is 0.450. The highest BCUT2D eigenvalue weighted by molar-refractivity contribution is 5.92. The third kappa shape index (κ3) is 4.34. The van der Waals surface area contributed by atoms with Gasteiger partial charge in [0.2, 0.25) is 0 Å². The molecule has 0 saturated carbocycles. The van der Waals surface area contributed by atoms with Gasteiger partial charge in [0.25, 0.3) is 5.56 Å². The molecule has 1 saturated heterocycles. The molecule has 0 spiro atoms. The molecule has 0 bridgehead atoms. The van der Waals surface area contributed by atoms with Crippen LogP contribution in [0.5, 0.6) is 0 Å². The number of rotatable bonds is 7. The molecule has 0 amide bonds. The van der Waals surface area contributed by atoms with Crippen LogP contribution in [-0.4, -0.2) is 45.3 Å². The van der Waals surface area contributed by atoms with E-state index in [0.29, 0.717) is 29.5 Å². The minimum absolute atomic E-state index is 0.128. The van der Waals surface area contributed by atoms with Crippen molar-refractivity contribution in [1.82, 2.24) is 25.0 Å². The van der Waals surface area contributed by atoms with Crippen molar-refractivity contribution in [3.63, 3.8) is 0 Å². The zero-order valence-corrected chi connectivity index (χ0v) is 18.7. The van der Waals surface area contributed by atoms with E-state index in [1.54, 1.807) is 16.8 Å². The molecule has 5 rings (SSSR count). The Morgan fingerprint density at radius 3 is 2.70 bits per heavy atom. The number of hydrogen-bond donors (Lipinski definition) is 2. The van der Waals surface area contributed by atoms with Gasteiger partial charge in [0.05, 0.1) is 5.69 Å². The summed E-state index contributed by atoms with van der Waals surface area (Å²) in [7, 11) is 0. The largest absolute Gasteiger partial charge is 0.311 e. The topological polar surface area (TPSA) is 66.0 Å². The maximum atomic E-state index is 13.5. The van der Waals surface area contributed by atoms with Gasteiger partial charge in [-0.3, -0.25) is 9.69 Å². The summed E-state index contributed by atoms with van der Waals surface area (Å²) in [6.45, 7) is 5.74. The fourth-order valence-corrected chi connectivity index (χ4v) is 4.74. The number of aromatic nitrogens is 3. The van der Waals surface area contributed by atoms with Crippen molar-refractivity contribution in [2.24, 2.45) is 0 Å². The third-order valence-electron chi connectivity index (χ3n) is 6.48. The van der Waals surface area contributed by atoms with Crippen LogP contribution in [0, 0.1) is 5.82 Å². The molecule has 3 heterocycles. The minimum Gasteiger partial charge on any atom is -0.311 e. The molecule has 2 aromatic heterocycles. The van der Waals surface area contributed by atoms with Crippen LogP contribution in [0.4, 0.5) is 4.39 Å². The Balaban J connectivity index is 1.51. The van der Waals surface area contributed by atoms with Gasteiger partial charge in [-0.2, -0.15) is 5.10 Å². The number of H-pyrrole nitrogens is 1. The van der Waals surface area contributed by atoms with Crippen molar-refractivity contribution in [3.05, 3.63) is 82.4 Å². The summed E-state index contributed by atoms with van der Waals surface area (Å²) in [6, 6.07) is 18.4. The maximum Gasteiger partial charge on any atom is 0.254 e. The number of likely N-dealkylation sites (N-methyl/N-ethyl adjacent to an activating group) is 1. The average molecular weight is 446 g/mol. The number of benzene rings is 2. The van der Waals surface area contributed by atoms with Crippen LogP contribution in [0.2, 0.25) is 0 Å². The Morgan fingerprint density at radius 2 is 1.94 bits per heavy atom. The van der Waals surface area contributed by atoms with Crippen LogP contribution in [0.1, 0.15) is 25.3 Å². The molecule has 1 aliphatic heterocycles. The fourth-order valence-electron chi connectivity index (χ4n) is 4.74. The van der Waals surface area contributed by atoms with Gasteiger partial charge in [0, 0.05) is 35.6 Å². The number of nitrogens with zero attached hydrogens (tertiary/aromatic N) is 3. The predicted octanol–water partition coefficient (Wildman–Crippen LogP) is 4.09. The van der Waals surface area contributed by atoms with Crippen molar-refractivity contribution >= 4 is 11.0 Å². The number of halogens is 1. The molecule has 2 aromatic carbocycles. The van der Waals surface area contributed by atoms with Crippen molar-refractivity contribution in [1.29, 1.82) is 0 Å². The lowest BCUT2D eigenvalue weighted by Crippen LogP contribution is -2.38. The van der Waals surface area contributed by atoms with E-state index < -0.39 is 0 Å². The molecule has 1 aliphatic rings. The van der Waals surface area contributed by atoms with E-state index in [2.05, 4.69) is 22.1 Å². The number of aromatic amines is 1. The van der Waals surface area contributed by atoms with Crippen LogP contribution in [0.3, 0.4) is 0 Å². The summed E-state index contributed by atoms with van der Waals surface area (Å²) in [5.74, 6) is -0.295. The summed E-state index contributed by atoms with van der Waals surface area (Å²) >= 11 is 0. The van der Waals surface area contributed by atoms with E-state index in [9.17, 15) is 9.18 Å². The first-order valence-corrected chi connectivity index (χ1v) is 11.5. The lowest BCUT2D eigenvalue weighted by atomic mass is 10.1. The Morgan fingerprint density at radius 1 is 1.15 bits per heavy atom. The highest BCUT2D eigenvalue weighted by Gasteiger charge is 2.22. The fraction of sp³-hybridized carbons (Fsp3) is 0.308. The molecule has 6 nitrogen and oxygen atoms in total. The average Bonchev–Trinajstić information content (AvgIpc) is 3.44. The highest BCUT2D eigenvalue weighted by atomic mass is 19.1. The molecule has 170 valence electrons. The van der Waals surface area contributed by atoms with Crippen molar-refractivity contribution in [3.8, 4) is 16.9 Å². The zero-order chi connectivity index (χ0) is 22.8. The number of hydrogen-bond acceptors (Lipinski definition) is 4. The van der Waals surface area contributed by atoms with Gasteiger partial charge in [0.1, 0.15) is 17.2 Å². The molecule has 33 heavy (non-hydrogen) atoms. The molecular weight excluding hydrogens is 417 g/mol. The zero-order valence-electron chi connectivity index (χ0n) is 18.7. The van der Waals surface area contributed by atoms with Gasteiger partial charge in [-0.05, 0) is 68.4 Å². The predicted molar refractivity (Wildman–Crippen MR) is 129 cm³/mol. The maximum absolute atomic E-state index is 13.5. The molecule has 7 heteroatoms. The van der Waals surface area contributed by atoms with E-state index in [4.69, 9.17) is 5.10 Å². The molecule has 1 atom stereocenters. The summed E-state index contributed by atoms with van der Waals surface area (Å²) in [5.41, 5.74) is 3.52. The third-order valence-corrected chi connectivity index (χ3v) is 6.48. The van der Waals surface area contributed by atoms with E-state index in [1.807, 2.05) is 36.4 Å². The normalized spacial score (nSPS) is 16.6. The van der Waals surface area contributed by atoms with Crippen molar-refractivity contribution in [2.75, 3.05) is 19.6 Å². The van der Waals surface area contributed by atoms with Crippen molar-refractivity contribution in [2.45, 2.75) is 32.4 Å². The Hall–Kier alpha value is -3.29. The van der Waals surface area contributed by atoms with E-state index in [1.165, 1.54) is 25.0 Å². The smallest absolute Gasteiger partial charge is 0.254 e. The van der Waals surface area contributed by atoms with E-state index >= 15 is 0 Å². The van der Waals surface area contributed by atoms with E-state index in [-0.39, 0.29) is 11.4 Å². The van der Waals surface area contributed by atoms with Crippen LogP contribution in [0.15, 0.2) is 65.5 Å². The van der Waals surface area contributed by atoms with Gasteiger partial charge < -0.3 is 10.3 Å². The van der Waals surface area contributed by atoms with Crippen LogP contribution in [0.25, 0.3) is 28.0 Å². The highest BCUT2D eigenvalue weighted by Crippen LogP contribution is 2.29. The van der Waals surface area contributed by atoms with Gasteiger partial charge in [0.15, 0.2) is 0 Å². The molecule has 1 unspecified atom stereocenters. The Labute approximate surface area is 192 Å². The van der Waals surface area contributed by atoms with Crippen LogP contribution < -0.4 is 10.9 Å². The number of fused-ring (bicyclic) bond motifs is 1. The van der Waals surface area contributed by atoms with Crippen molar-refractivity contribution < 1.29 is 4.39 Å². The number of pyridine rings is 1. The monoisotopic (exact) mass is 445 g/mol. The number of nitrogens with one attached hydrogen (secondary N) is 2. The van der Waals surface area contributed by atoms with Crippen LogP contribution in [-0.2, 0) is 6.54 Å². The molecule has 0 radical (unpaired) electrons. The van der Waals surface area contributed by atoms with Gasteiger partial charge in [-0.15, -0.1) is 0 Å². The van der Waals surface area contributed by atoms with Gasteiger partial charge in [-0.25, -0.2) is 9.07 Å². The first-order chi connectivity index (χ1) is 16.1. The lowest BCUT2D eigenvalue weighted by molar-refractivity contribution is 0.260. The summed E-state index contributed by atoms with van der Waals surface area (Å²) < 4.78 is 15.3. The second-order valence-corrected chi connectivity index (χ2v) is 8.54. The second-order valence-electron chi connectivity index (χ2n) is 8.54. The molecule has 0 aliphatic carbocycles.